The van der Waals surface area contributed by atoms with Gasteiger partial charge in [-0.25, -0.2) is 0 Å². The fraction of sp³-hybridized carbons (Fsp3) is 0.462. The molecule has 0 saturated carbocycles. The Morgan fingerprint density at radius 2 is 2.10 bits per heavy atom. The molecule has 2 N–H and O–H groups in total. The minimum atomic E-state index is -0.772. The summed E-state index contributed by atoms with van der Waals surface area (Å²) >= 11 is 3.31. The summed E-state index contributed by atoms with van der Waals surface area (Å²) in [7, 11) is 0. The van der Waals surface area contributed by atoms with Gasteiger partial charge in [-0.1, -0.05) is 6.42 Å². The molecule has 0 fully saturated rings. The first-order valence-electron chi connectivity index (χ1n) is 6.32. The van der Waals surface area contributed by atoms with Crippen molar-refractivity contribution in [3.8, 4) is 0 Å². The second kappa shape index (κ2) is 7.84. The normalized spacial score (nSPS) is 10.3. The summed E-state index contributed by atoms with van der Waals surface area (Å²) in [6, 6.07) is 3.22. The lowest BCUT2D eigenvalue weighted by Crippen LogP contribution is -2.04. The van der Waals surface area contributed by atoms with Gasteiger partial charge in [0.2, 0.25) is 0 Å². The molecule has 110 valence electrons. The maximum Gasteiger partial charge on any atom is 0.303 e. The van der Waals surface area contributed by atoms with Crippen LogP contribution in [0, 0.1) is 17.0 Å². The molecule has 1 rings (SSSR count). The monoisotopic (exact) mass is 344 g/mol. The summed E-state index contributed by atoms with van der Waals surface area (Å²) in [4.78, 5) is 20.7. The number of aliphatic carboxylic acids is 1. The van der Waals surface area contributed by atoms with E-state index < -0.39 is 10.9 Å². The molecule has 0 aliphatic rings. The van der Waals surface area contributed by atoms with Crippen molar-refractivity contribution < 1.29 is 14.8 Å². The average Bonchev–Trinajstić information content (AvgIpc) is 2.36. The standard InChI is InChI=1S/C13H17BrN2O4/c1-9-7-11(10(14)8-12(9)16(19)20)15-6-4-2-3-5-13(17)18/h7-8,15H,2-6H2,1H3,(H,17,18). The minimum absolute atomic E-state index is 0.0869. The van der Waals surface area contributed by atoms with Crippen molar-refractivity contribution in [1.82, 2.24) is 0 Å². The van der Waals surface area contributed by atoms with E-state index >= 15 is 0 Å². The second-order valence-corrected chi connectivity index (χ2v) is 5.36. The van der Waals surface area contributed by atoms with Crippen LogP contribution in [0.1, 0.15) is 31.2 Å². The first-order chi connectivity index (χ1) is 9.41. The van der Waals surface area contributed by atoms with Crippen LogP contribution in [0.5, 0.6) is 0 Å². The number of rotatable bonds is 8. The molecular weight excluding hydrogens is 328 g/mol. The van der Waals surface area contributed by atoms with E-state index in [4.69, 9.17) is 5.11 Å². The Labute approximate surface area is 125 Å². The first kappa shape index (κ1) is 16.4. The predicted octanol–water partition coefficient (Wildman–Crippen LogP) is 3.72. The van der Waals surface area contributed by atoms with Crippen LogP contribution < -0.4 is 5.32 Å². The molecule has 6 nitrogen and oxygen atoms in total. The number of carboxylic acids is 1. The lowest BCUT2D eigenvalue weighted by atomic mass is 10.1. The molecule has 0 aliphatic carbocycles. The van der Waals surface area contributed by atoms with Crippen molar-refractivity contribution in [2.45, 2.75) is 32.6 Å². The number of nitrogens with zero attached hydrogens (tertiary/aromatic N) is 1. The highest BCUT2D eigenvalue weighted by Gasteiger charge is 2.13. The van der Waals surface area contributed by atoms with Gasteiger partial charge in [0.15, 0.2) is 0 Å². The van der Waals surface area contributed by atoms with E-state index in [1.807, 2.05) is 0 Å². The quantitative estimate of drug-likeness (QED) is 0.425. The van der Waals surface area contributed by atoms with Crippen LogP contribution in [0.25, 0.3) is 0 Å². The number of carbonyl (C=O) groups is 1. The van der Waals surface area contributed by atoms with Crippen molar-refractivity contribution in [2.75, 3.05) is 11.9 Å². The minimum Gasteiger partial charge on any atom is -0.481 e. The van der Waals surface area contributed by atoms with Crippen LogP contribution in [0.4, 0.5) is 11.4 Å². The molecule has 1 aromatic carbocycles. The first-order valence-corrected chi connectivity index (χ1v) is 7.11. The number of carboxylic acid groups (broad SMARTS) is 1. The van der Waals surface area contributed by atoms with Gasteiger partial charge in [0.1, 0.15) is 0 Å². The summed E-state index contributed by atoms with van der Waals surface area (Å²) in [6.07, 6.45) is 2.55. The molecule has 1 aromatic rings. The van der Waals surface area contributed by atoms with Crippen molar-refractivity contribution in [1.29, 1.82) is 0 Å². The largest absolute Gasteiger partial charge is 0.481 e. The van der Waals surface area contributed by atoms with E-state index in [2.05, 4.69) is 21.2 Å². The Morgan fingerprint density at radius 3 is 2.70 bits per heavy atom. The van der Waals surface area contributed by atoms with E-state index in [1.54, 1.807) is 13.0 Å². The Hall–Kier alpha value is -1.63. The molecule has 0 aromatic heterocycles. The van der Waals surface area contributed by atoms with Crippen molar-refractivity contribution in [3.05, 3.63) is 32.3 Å². The van der Waals surface area contributed by atoms with E-state index in [-0.39, 0.29) is 12.1 Å². The molecule has 0 heterocycles. The lowest BCUT2D eigenvalue weighted by molar-refractivity contribution is -0.385. The van der Waals surface area contributed by atoms with Crippen LogP contribution in [-0.2, 0) is 4.79 Å². The van der Waals surface area contributed by atoms with Gasteiger partial charge < -0.3 is 10.4 Å². The maximum atomic E-state index is 10.8. The number of hydrogen-bond acceptors (Lipinski definition) is 4. The molecule has 0 atom stereocenters. The number of aryl methyl sites for hydroxylation is 1. The molecule has 7 heteroatoms. The highest BCUT2D eigenvalue weighted by molar-refractivity contribution is 9.10. The summed E-state index contributed by atoms with van der Waals surface area (Å²) < 4.78 is 0.653. The van der Waals surface area contributed by atoms with E-state index in [9.17, 15) is 14.9 Å². The third kappa shape index (κ3) is 5.16. The summed E-state index contributed by atoms with van der Waals surface area (Å²) in [5.74, 6) is -0.772. The fourth-order valence-corrected chi connectivity index (χ4v) is 2.28. The smallest absolute Gasteiger partial charge is 0.303 e. The van der Waals surface area contributed by atoms with Gasteiger partial charge in [0, 0.05) is 34.8 Å². The lowest BCUT2D eigenvalue weighted by Gasteiger charge is -2.09. The summed E-state index contributed by atoms with van der Waals surface area (Å²) in [5, 5.41) is 22.5. The van der Waals surface area contributed by atoms with Gasteiger partial charge in [0.05, 0.1) is 4.92 Å². The van der Waals surface area contributed by atoms with Gasteiger partial charge in [-0.15, -0.1) is 0 Å². The number of nitro groups is 1. The zero-order valence-electron chi connectivity index (χ0n) is 11.2. The van der Waals surface area contributed by atoms with Crippen LogP contribution in [-0.4, -0.2) is 22.5 Å². The number of nitro benzene ring substituents is 1. The topological polar surface area (TPSA) is 92.5 Å². The van der Waals surface area contributed by atoms with Crippen LogP contribution in [0.15, 0.2) is 16.6 Å². The van der Waals surface area contributed by atoms with E-state index in [1.165, 1.54) is 6.07 Å². The fourth-order valence-electron chi connectivity index (χ4n) is 1.80. The number of benzene rings is 1. The van der Waals surface area contributed by atoms with Crippen LogP contribution in [0.3, 0.4) is 0 Å². The number of hydrogen-bond donors (Lipinski definition) is 2. The number of halogens is 1. The Balaban J connectivity index is 2.47. The predicted molar refractivity (Wildman–Crippen MR) is 80.1 cm³/mol. The molecule has 0 amide bonds. The van der Waals surface area contributed by atoms with Gasteiger partial charge >= 0.3 is 5.97 Å². The molecule has 0 radical (unpaired) electrons. The Bertz CT molecular complexity index is 505. The summed E-state index contributed by atoms with van der Waals surface area (Å²) in [6.45, 7) is 2.40. The van der Waals surface area contributed by atoms with Crippen molar-refractivity contribution in [3.63, 3.8) is 0 Å². The van der Waals surface area contributed by atoms with Crippen LogP contribution >= 0.6 is 15.9 Å². The molecule has 0 bridgehead atoms. The molecular formula is C13H17BrN2O4. The molecule has 20 heavy (non-hydrogen) atoms. The van der Waals surface area contributed by atoms with Gasteiger partial charge in [0.25, 0.3) is 5.69 Å². The average molecular weight is 345 g/mol. The zero-order chi connectivity index (χ0) is 15.1. The Kier molecular flexibility index (Phi) is 6.44. The number of unbranched alkanes of at least 4 members (excludes halogenated alkanes) is 2. The van der Waals surface area contributed by atoms with Gasteiger partial charge in [-0.2, -0.15) is 0 Å². The van der Waals surface area contributed by atoms with Crippen molar-refractivity contribution in [2.24, 2.45) is 0 Å². The third-order valence-electron chi connectivity index (χ3n) is 2.87. The Morgan fingerprint density at radius 1 is 1.40 bits per heavy atom. The summed E-state index contributed by atoms with van der Waals surface area (Å²) in [5.41, 5.74) is 1.50. The van der Waals surface area contributed by atoms with Crippen molar-refractivity contribution >= 4 is 33.3 Å². The molecule has 0 saturated heterocycles. The van der Waals surface area contributed by atoms with Crippen LogP contribution in [0.2, 0.25) is 0 Å². The second-order valence-electron chi connectivity index (χ2n) is 4.51. The highest BCUT2D eigenvalue weighted by Crippen LogP contribution is 2.30. The maximum absolute atomic E-state index is 10.8. The molecule has 0 spiro atoms. The number of nitrogens with one attached hydrogen (secondary N) is 1. The van der Waals surface area contributed by atoms with Gasteiger partial charge in [-0.3, -0.25) is 14.9 Å². The van der Waals surface area contributed by atoms with E-state index in [0.29, 0.717) is 23.0 Å². The third-order valence-corrected chi connectivity index (χ3v) is 3.52. The zero-order valence-corrected chi connectivity index (χ0v) is 12.8. The van der Waals surface area contributed by atoms with E-state index in [0.717, 1.165) is 18.5 Å². The highest BCUT2D eigenvalue weighted by atomic mass is 79.9. The SMILES string of the molecule is Cc1cc(NCCCCCC(=O)O)c(Br)cc1[N+](=O)[O-]. The number of anilines is 1. The van der Waals surface area contributed by atoms with Gasteiger partial charge in [-0.05, 0) is 41.8 Å². The molecule has 0 aliphatic heterocycles. The molecule has 0 unspecified atom stereocenters.